The minimum absolute atomic E-state index is 0.0169. The molecule has 1 aromatic carbocycles. The molecule has 4 rings (SSSR count). The molecule has 1 aromatic heterocycles. The number of carbonyl (C=O) groups is 2. The second-order valence-electron chi connectivity index (χ2n) is 9.23. The largest absolute Gasteiger partial charge is 0.460 e. The number of hydrogen-bond donors (Lipinski definition) is 2. The van der Waals surface area contributed by atoms with Gasteiger partial charge in [-0.3, -0.25) is 4.79 Å². The number of amides is 1. The highest BCUT2D eigenvalue weighted by molar-refractivity contribution is 5.98. The van der Waals surface area contributed by atoms with E-state index >= 15 is 0 Å². The number of fused-ring (bicyclic) bond motifs is 1. The summed E-state index contributed by atoms with van der Waals surface area (Å²) in [6, 6.07) is 6.92. The van der Waals surface area contributed by atoms with E-state index in [1.54, 1.807) is 25.3 Å². The summed E-state index contributed by atoms with van der Waals surface area (Å²) in [7, 11) is 1.62. The third kappa shape index (κ3) is 6.37. The first kappa shape index (κ1) is 24.7. The molecule has 0 radical (unpaired) electrons. The van der Waals surface area contributed by atoms with Crippen LogP contribution in [0.1, 0.15) is 55.5 Å². The molecule has 2 N–H and O–H groups in total. The lowest BCUT2D eigenvalue weighted by molar-refractivity contribution is -0.119. The molecule has 0 spiro atoms. The van der Waals surface area contributed by atoms with E-state index in [-0.39, 0.29) is 24.3 Å². The molecule has 2 atom stereocenters. The third-order valence-corrected chi connectivity index (χ3v) is 6.89. The Kier molecular flexibility index (Phi) is 8.96. The van der Waals surface area contributed by atoms with Crippen molar-refractivity contribution >= 4 is 28.5 Å². The summed E-state index contributed by atoms with van der Waals surface area (Å²) in [6.45, 7) is 2.70. The van der Waals surface area contributed by atoms with Crippen LogP contribution < -0.4 is 10.6 Å². The molecule has 1 aliphatic carbocycles. The molecule has 2 aromatic rings. The van der Waals surface area contributed by atoms with Gasteiger partial charge in [0.25, 0.3) is 0 Å². The van der Waals surface area contributed by atoms with Crippen molar-refractivity contribution < 1.29 is 28.2 Å². The number of esters is 1. The highest BCUT2D eigenvalue weighted by atomic mass is 16.5. The van der Waals surface area contributed by atoms with Crippen molar-refractivity contribution in [2.24, 2.45) is 11.8 Å². The second kappa shape index (κ2) is 12.3. The Bertz CT molecular complexity index is 952. The van der Waals surface area contributed by atoms with Crippen LogP contribution in [0, 0.1) is 11.8 Å². The van der Waals surface area contributed by atoms with E-state index < -0.39 is 5.97 Å². The zero-order valence-electron chi connectivity index (χ0n) is 20.0. The Hall–Kier alpha value is -2.42. The maximum Gasteiger partial charge on any atom is 0.374 e. The van der Waals surface area contributed by atoms with E-state index in [1.165, 1.54) is 32.1 Å². The smallest absolute Gasteiger partial charge is 0.374 e. The fourth-order valence-electron chi connectivity index (χ4n) is 5.16. The summed E-state index contributed by atoms with van der Waals surface area (Å²) in [4.78, 5) is 25.4. The Balaban J connectivity index is 1.30. The van der Waals surface area contributed by atoms with Crippen molar-refractivity contribution in [3.8, 4) is 0 Å². The molecule has 1 saturated carbocycles. The minimum atomic E-state index is -0.510. The molecule has 0 bridgehead atoms. The van der Waals surface area contributed by atoms with Crippen LogP contribution in [0.5, 0.6) is 0 Å². The number of anilines is 1. The van der Waals surface area contributed by atoms with Crippen LogP contribution >= 0.6 is 0 Å². The summed E-state index contributed by atoms with van der Waals surface area (Å²) in [5.74, 6) is 0.701. The van der Waals surface area contributed by atoms with Gasteiger partial charge in [0.2, 0.25) is 11.7 Å². The van der Waals surface area contributed by atoms with Gasteiger partial charge in [-0.2, -0.15) is 0 Å². The Labute approximate surface area is 200 Å². The average molecular weight is 473 g/mol. The van der Waals surface area contributed by atoms with Crippen molar-refractivity contribution in [1.82, 2.24) is 5.32 Å². The van der Waals surface area contributed by atoms with E-state index in [0.717, 1.165) is 18.4 Å². The molecule has 1 unspecified atom stereocenters. The SMILES string of the molecule is COCCOCCCOC(=O)c1cc2cc(NC(=O)[C@H]3NCCC3C3CCCCC3)ccc2o1. The number of nitrogens with one attached hydrogen (secondary N) is 2. The molecule has 2 fully saturated rings. The number of methoxy groups -OCH3 is 1. The normalized spacial score (nSPS) is 21.1. The molecule has 2 heterocycles. The zero-order valence-corrected chi connectivity index (χ0v) is 20.0. The lowest BCUT2D eigenvalue weighted by atomic mass is 9.76. The van der Waals surface area contributed by atoms with Crippen molar-refractivity contribution in [2.45, 2.75) is 51.0 Å². The first-order valence-electron chi connectivity index (χ1n) is 12.5. The molecule has 34 heavy (non-hydrogen) atoms. The Morgan fingerprint density at radius 1 is 1.06 bits per heavy atom. The van der Waals surface area contributed by atoms with Gasteiger partial charge in [0.15, 0.2) is 0 Å². The highest BCUT2D eigenvalue weighted by Gasteiger charge is 2.38. The summed E-state index contributed by atoms with van der Waals surface area (Å²) in [6.07, 6.45) is 8.00. The number of hydrogen-bond acceptors (Lipinski definition) is 7. The van der Waals surface area contributed by atoms with Crippen molar-refractivity contribution in [3.05, 3.63) is 30.0 Å². The molecule has 8 heteroatoms. The highest BCUT2D eigenvalue weighted by Crippen LogP contribution is 2.36. The van der Waals surface area contributed by atoms with E-state index in [1.807, 2.05) is 6.07 Å². The van der Waals surface area contributed by atoms with E-state index in [9.17, 15) is 9.59 Å². The standard InChI is InChI=1S/C26H36N2O6/c1-31-14-15-32-12-5-13-33-26(30)23-17-19-16-20(8-9-22(19)34-23)28-25(29)24-21(10-11-27-24)18-6-3-2-4-7-18/h8-9,16-18,21,24,27H,2-7,10-15H2,1H3,(H,28,29)/t21?,24-/m0/s1. The molecule has 8 nitrogen and oxygen atoms in total. The molecule has 1 aliphatic heterocycles. The predicted molar refractivity (Wildman–Crippen MR) is 129 cm³/mol. The summed E-state index contributed by atoms with van der Waals surface area (Å²) in [5, 5.41) is 7.22. The van der Waals surface area contributed by atoms with Crippen molar-refractivity contribution in [1.29, 1.82) is 0 Å². The summed E-state index contributed by atoms with van der Waals surface area (Å²) in [5.41, 5.74) is 1.27. The third-order valence-electron chi connectivity index (χ3n) is 6.89. The summed E-state index contributed by atoms with van der Waals surface area (Å²) < 4.78 is 21.2. The molecule has 1 saturated heterocycles. The van der Waals surface area contributed by atoms with Crippen LogP contribution in [0.3, 0.4) is 0 Å². The lowest BCUT2D eigenvalue weighted by Crippen LogP contribution is -2.42. The number of furan rings is 1. The van der Waals surface area contributed by atoms with Crippen LogP contribution in [0.15, 0.2) is 28.7 Å². The number of benzene rings is 1. The first-order valence-corrected chi connectivity index (χ1v) is 12.5. The fraction of sp³-hybridized carbons (Fsp3) is 0.615. The van der Waals surface area contributed by atoms with Gasteiger partial charge in [-0.05, 0) is 49.1 Å². The van der Waals surface area contributed by atoms with Crippen LogP contribution in [0.4, 0.5) is 5.69 Å². The van der Waals surface area contributed by atoms with Gasteiger partial charge in [0.1, 0.15) is 5.58 Å². The molecular weight excluding hydrogens is 436 g/mol. The van der Waals surface area contributed by atoms with Gasteiger partial charge in [0, 0.05) is 31.2 Å². The second-order valence-corrected chi connectivity index (χ2v) is 9.23. The van der Waals surface area contributed by atoms with Crippen molar-refractivity contribution in [2.75, 3.05) is 45.4 Å². The van der Waals surface area contributed by atoms with Gasteiger partial charge < -0.3 is 29.3 Å². The van der Waals surface area contributed by atoms with Gasteiger partial charge >= 0.3 is 5.97 Å². The van der Waals surface area contributed by atoms with Crippen LogP contribution in [-0.4, -0.2) is 58.0 Å². The molecule has 2 aliphatic rings. The van der Waals surface area contributed by atoms with Gasteiger partial charge in [0.05, 0.1) is 25.9 Å². The predicted octanol–water partition coefficient (Wildman–Crippen LogP) is 4.14. The Morgan fingerprint density at radius 3 is 2.74 bits per heavy atom. The lowest BCUT2D eigenvalue weighted by Gasteiger charge is -2.30. The average Bonchev–Trinajstić information content (AvgIpc) is 3.51. The van der Waals surface area contributed by atoms with Gasteiger partial charge in [-0.25, -0.2) is 4.79 Å². The van der Waals surface area contributed by atoms with Crippen molar-refractivity contribution in [3.63, 3.8) is 0 Å². The van der Waals surface area contributed by atoms with Crippen LogP contribution in [0.25, 0.3) is 11.0 Å². The maximum absolute atomic E-state index is 13.1. The molecule has 186 valence electrons. The van der Waals surface area contributed by atoms with Gasteiger partial charge in [-0.15, -0.1) is 0 Å². The van der Waals surface area contributed by atoms with Gasteiger partial charge in [-0.1, -0.05) is 32.1 Å². The summed E-state index contributed by atoms with van der Waals surface area (Å²) >= 11 is 0. The van der Waals surface area contributed by atoms with Crippen LogP contribution in [-0.2, 0) is 19.0 Å². The zero-order chi connectivity index (χ0) is 23.8. The molecule has 1 amide bonds. The monoisotopic (exact) mass is 472 g/mol. The van der Waals surface area contributed by atoms with E-state index in [2.05, 4.69) is 10.6 Å². The minimum Gasteiger partial charge on any atom is -0.460 e. The van der Waals surface area contributed by atoms with E-state index in [4.69, 9.17) is 18.6 Å². The topological polar surface area (TPSA) is 99.0 Å². The van der Waals surface area contributed by atoms with E-state index in [0.29, 0.717) is 49.3 Å². The number of ether oxygens (including phenoxy) is 3. The first-order chi connectivity index (χ1) is 16.7. The van der Waals surface area contributed by atoms with Crippen LogP contribution in [0.2, 0.25) is 0 Å². The number of carbonyl (C=O) groups excluding carboxylic acids is 2. The maximum atomic E-state index is 13.1. The quantitative estimate of drug-likeness (QED) is 0.375. The fourth-order valence-corrected chi connectivity index (χ4v) is 5.16. The molecular formula is C26H36N2O6. The number of rotatable bonds is 11. The Morgan fingerprint density at radius 2 is 1.91 bits per heavy atom.